The molecule has 0 aromatic rings. The summed E-state index contributed by atoms with van der Waals surface area (Å²) in [7, 11) is 1.60. The van der Waals surface area contributed by atoms with Crippen LogP contribution in [-0.2, 0) is 14.3 Å². The highest BCUT2D eigenvalue weighted by Crippen LogP contribution is 2.36. The van der Waals surface area contributed by atoms with Crippen molar-refractivity contribution in [2.45, 2.75) is 52.9 Å². The molecule has 1 aliphatic carbocycles. The van der Waals surface area contributed by atoms with Crippen molar-refractivity contribution >= 4 is 17.5 Å². The summed E-state index contributed by atoms with van der Waals surface area (Å²) in [4.78, 5) is 23.1. The van der Waals surface area contributed by atoms with Crippen molar-refractivity contribution in [2.24, 2.45) is 16.4 Å². The molecular formula is C16H29N3O3. The highest BCUT2D eigenvalue weighted by Gasteiger charge is 2.28. The van der Waals surface area contributed by atoms with E-state index in [2.05, 4.69) is 36.6 Å². The summed E-state index contributed by atoms with van der Waals surface area (Å²) in [5.74, 6) is -0.669. The van der Waals surface area contributed by atoms with Gasteiger partial charge in [-0.2, -0.15) is 5.10 Å². The van der Waals surface area contributed by atoms with Crippen molar-refractivity contribution in [2.75, 3.05) is 20.3 Å². The van der Waals surface area contributed by atoms with Crippen LogP contribution in [0, 0.1) is 11.3 Å². The number of nitrogens with one attached hydrogen (secondary N) is 2. The molecule has 1 saturated carbocycles. The predicted molar refractivity (Wildman–Crippen MR) is 86.5 cm³/mol. The zero-order valence-corrected chi connectivity index (χ0v) is 14.2. The molecule has 0 aromatic carbocycles. The summed E-state index contributed by atoms with van der Waals surface area (Å²) >= 11 is 0. The van der Waals surface area contributed by atoms with Gasteiger partial charge in [0, 0.05) is 26.0 Å². The van der Waals surface area contributed by atoms with Gasteiger partial charge in [0.1, 0.15) is 0 Å². The van der Waals surface area contributed by atoms with Crippen LogP contribution in [0.1, 0.15) is 52.9 Å². The molecule has 6 heteroatoms. The Morgan fingerprint density at radius 2 is 1.86 bits per heavy atom. The average molecular weight is 311 g/mol. The van der Waals surface area contributed by atoms with Crippen LogP contribution in [-0.4, -0.2) is 37.8 Å². The van der Waals surface area contributed by atoms with E-state index in [4.69, 9.17) is 4.74 Å². The van der Waals surface area contributed by atoms with Gasteiger partial charge in [-0.25, -0.2) is 5.43 Å². The minimum absolute atomic E-state index is 0.316. The second kappa shape index (κ2) is 8.88. The average Bonchev–Trinajstić information content (AvgIpc) is 2.48. The Bertz CT molecular complexity index is 403. The van der Waals surface area contributed by atoms with E-state index >= 15 is 0 Å². The molecule has 0 spiro atoms. The van der Waals surface area contributed by atoms with Crippen molar-refractivity contribution in [3.63, 3.8) is 0 Å². The van der Waals surface area contributed by atoms with Gasteiger partial charge in [0.25, 0.3) is 0 Å². The third-order valence-corrected chi connectivity index (χ3v) is 4.12. The Hall–Kier alpha value is -1.43. The molecule has 0 unspecified atom stereocenters. The van der Waals surface area contributed by atoms with Crippen LogP contribution in [0.15, 0.2) is 5.10 Å². The molecule has 1 rings (SSSR count). The SMILES string of the molecule is COCCCNC(=O)C(=O)NN=C1CCC(C(C)(C)C)CC1. The molecule has 2 amide bonds. The molecule has 6 nitrogen and oxygen atoms in total. The summed E-state index contributed by atoms with van der Waals surface area (Å²) in [5.41, 5.74) is 3.64. The van der Waals surface area contributed by atoms with Crippen LogP contribution in [0.3, 0.4) is 0 Å². The number of hydrogen-bond donors (Lipinski definition) is 2. The van der Waals surface area contributed by atoms with E-state index in [0.717, 1.165) is 31.4 Å². The number of nitrogens with zero attached hydrogens (tertiary/aromatic N) is 1. The van der Waals surface area contributed by atoms with Gasteiger partial charge in [0.2, 0.25) is 0 Å². The second-order valence-electron chi connectivity index (χ2n) is 6.86. The Kier molecular flexibility index (Phi) is 7.51. The van der Waals surface area contributed by atoms with Gasteiger partial charge < -0.3 is 10.1 Å². The Morgan fingerprint density at radius 1 is 1.23 bits per heavy atom. The maximum Gasteiger partial charge on any atom is 0.329 e. The molecule has 22 heavy (non-hydrogen) atoms. The molecule has 0 bridgehead atoms. The van der Waals surface area contributed by atoms with E-state index in [0.29, 0.717) is 30.9 Å². The fourth-order valence-corrected chi connectivity index (χ4v) is 2.61. The van der Waals surface area contributed by atoms with Crippen molar-refractivity contribution in [3.8, 4) is 0 Å². The number of carbonyl (C=O) groups is 2. The lowest BCUT2D eigenvalue weighted by molar-refractivity contribution is -0.139. The highest BCUT2D eigenvalue weighted by molar-refractivity contribution is 6.35. The van der Waals surface area contributed by atoms with Gasteiger partial charge in [-0.05, 0) is 43.4 Å². The normalized spacial score (nSPS) is 18.7. The second-order valence-corrected chi connectivity index (χ2v) is 6.86. The Morgan fingerprint density at radius 3 is 2.41 bits per heavy atom. The number of hydrazone groups is 1. The molecule has 0 saturated heterocycles. The molecule has 2 N–H and O–H groups in total. The zero-order valence-electron chi connectivity index (χ0n) is 14.2. The molecule has 1 fully saturated rings. The van der Waals surface area contributed by atoms with E-state index < -0.39 is 11.8 Å². The molecular weight excluding hydrogens is 282 g/mol. The zero-order chi connectivity index (χ0) is 16.6. The third kappa shape index (κ3) is 6.56. The van der Waals surface area contributed by atoms with Crippen molar-refractivity contribution in [1.29, 1.82) is 0 Å². The Balaban J connectivity index is 2.30. The smallest absolute Gasteiger partial charge is 0.329 e. The lowest BCUT2D eigenvalue weighted by atomic mass is 9.72. The molecule has 126 valence electrons. The summed E-state index contributed by atoms with van der Waals surface area (Å²) in [6.07, 6.45) is 4.62. The first-order valence-corrected chi connectivity index (χ1v) is 7.97. The highest BCUT2D eigenvalue weighted by atomic mass is 16.5. The van der Waals surface area contributed by atoms with Crippen LogP contribution in [0.4, 0.5) is 0 Å². The minimum atomic E-state index is -0.706. The van der Waals surface area contributed by atoms with Crippen molar-refractivity contribution in [3.05, 3.63) is 0 Å². The van der Waals surface area contributed by atoms with E-state index in [9.17, 15) is 9.59 Å². The van der Waals surface area contributed by atoms with Crippen LogP contribution < -0.4 is 10.7 Å². The molecule has 0 heterocycles. The summed E-state index contributed by atoms with van der Waals surface area (Å²) in [6, 6.07) is 0. The van der Waals surface area contributed by atoms with Gasteiger partial charge in [-0.3, -0.25) is 9.59 Å². The summed E-state index contributed by atoms with van der Waals surface area (Å²) in [5, 5.41) is 6.63. The van der Waals surface area contributed by atoms with Gasteiger partial charge in [-0.1, -0.05) is 20.8 Å². The van der Waals surface area contributed by atoms with Gasteiger partial charge in [-0.15, -0.1) is 0 Å². The largest absolute Gasteiger partial charge is 0.385 e. The summed E-state index contributed by atoms with van der Waals surface area (Å²) in [6.45, 7) is 7.75. The van der Waals surface area contributed by atoms with Crippen LogP contribution >= 0.6 is 0 Å². The van der Waals surface area contributed by atoms with Crippen molar-refractivity contribution < 1.29 is 14.3 Å². The molecule has 0 atom stereocenters. The molecule has 0 radical (unpaired) electrons. The first-order valence-electron chi connectivity index (χ1n) is 7.97. The quantitative estimate of drug-likeness (QED) is 0.462. The fraction of sp³-hybridized carbons (Fsp3) is 0.812. The number of ether oxygens (including phenoxy) is 1. The fourth-order valence-electron chi connectivity index (χ4n) is 2.61. The molecule has 0 aliphatic heterocycles. The van der Waals surface area contributed by atoms with E-state index in [1.54, 1.807) is 7.11 Å². The maximum absolute atomic E-state index is 11.6. The lowest BCUT2D eigenvalue weighted by Gasteiger charge is -2.34. The van der Waals surface area contributed by atoms with Gasteiger partial charge in [0.05, 0.1) is 0 Å². The van der Waals surface area contributed by atoms with E-state index in [-0.39, 0.29) is 0 Å². The monoisotopic (exact) mass is 311 g/mol. The van der Waals surface area contributed by atoms with Gasteiger partial charge >= 0.3 is 11.8 Å². The van der Waals surface area contributed by atoms with Crippen molar-refractivity contribution in [1.82, 2.24) is 10.7 Å². The minimum Gasteiger partial charge on any atom is -0.385 e. The predicted octanol–water partition coefficient (Wildman–Crippen LogP) is 1.85. The number of rotatable bonds is 5. The number of hydrogen-bond acceptors (Lipinski definition) is 4. The third-order valence-electron chi connectivity index (χ3n) is 4.12. The van der Waals surface area contributed by atoms with E-state index in [1.807, 2.05) is 0 Å². The van der Waals surface area contributed by atoms with E-state index in [1.165, 1.54) is 0 Å². The first kappa shape index (κ1) is 18.6. The standard InChI is InChI=1S/C16H29N3O3/c1-16(2,3)12-6-8-13(9-7-12)18-19-15(21)14(20)17-10-5-11-22-4/h12H,5-11H2,1-4H3,(H,17,20)(H,19,21). The number of methoxy groups -OCH3 is 1. The maximum atomic E-state index is 11.6. The summed E-state index contributed by atoms with van der Waals surface area (Å²) < 4.78 is 4.87. The molecule has 1 aliphatic rings. The number of carbonyl (C=O) groups excluding carboxylic acids is 2. The molecule has 0 aromatic heterocycles. The van der Waals surface area contributed by atoms with Crippen LogP contribution in [0.5, 0.6) is 0 Å². The van der Waals surface area contributed by atoms with Gasteiger partial charge in [0.15, 0.2) is 0 Å². The topological polar surface area (TPSA) is 79.8 Å². The van der Waals surface area contributed by atoms with Crippen LogP contribution in [0.2, 0.25) is 0 Å². The first-order chi connectivity index (χ1) is 10.3. The van der Waals surface area contributed by atoms with Crippen LogP contribution in [0.25, 0.3) is 0 Å². The number of amides is 2. The Labute approximate surface area is 133 Å². The lowest BCUT2D eigenvalue weighted by Crippen LogP contribution is -2.39.